The number of ether oxygens (including phenoxy) is 1. The van der Waals surface area contributed by atoms with Crippen molar-refractivity contribution in [3.05, 3.63) is 65.7 Å². The van der Waals surface area contributed by atoms with E-state index in [1.54, 1.807) is 7.11 Å². The second kappa shape index (κ2) is 9.21. The monoisotopic (exact) mass is 366 g/mol. The van der Waals surface area contributed by atoms with Crippen molar-refractivity contribution in [1.82, 2.24) is 10.2 Å². The molecule has 3 rings (SSSR count). The number of rotatable bonds is 6. The summed E-state index contributed by atoms with van der Waals surface area (Å²) in [6.45, 7) is 1.86. The van der Waals surface area contributed by atoms with E-state index >= 15 is 0 Å². The summed E-state index contributed by atoms with van der Waals surface area (Å²) in [6, 6.07) is 17.2. The Morgan fingerprint density at radius 2 is 1.81 bits per heavy atom. The summed E-state index contributed by atoms with van der Waals surface area (Å²) in [7, 11) is 1.65. The van der Waals surface area contributed by atoms with E-state index in [9.17, 15) is 9.59 Å². The summed E-state index contributed by atoms with van der Waals surface area (Å²) in [5, 5.41) is 3.03. The highest BCUT2D eigenvalue weighted by Gasteiger charge is 2.27. The second-order valence-corrected chi connectivity index (χ2v) is 6.83. The summed E-state index contributed by atoms with van der Waals surface area (Å²) in [5.74, 6) is 0.946. The SMILES string of the molecule is COc1cccc(CCNC(=O)C2CCN(C(=O)c3ccccc3)CC2)c1. The Hall–Kier alpha value is -2.82. The summed E-state index contributed by atoms with van der Waals surface area (Å²) >= 11 is 0. The molecule has 27 heavy (non-hydrogen) atoms. The van der Waals surface area contributed by atoms with Crippen LogP contribution in [0.15, 0.2) is 54.6 Å². The predicted octanol–water partition coefficient (Wildman–Crippen LogP) is 2.91. The maximum Gasteiger partial charge on any atom is 0.253 e. The third-order valence-electron chi connectivity index (χ3n) is 5.02. The van der Waals surface area contributed by atoms with Gasteiger partial charge in [-0.2, -0.15) is 0 Å². The van der Waals surface area contributed by atoms with Crippen molar-refractivity contribution < 1.29 is 14.3 Å². The average Bonchev–Trinajstić information content (AvgIpc) is 2.74. The highest BCUT2D eigenvalue weighted by molar-refractivity contribution is 5.94. The molecule has 0 radical (unpaired) electrons. The molecule has 1 N–H and O–H groups in total. The van der Waals surface area contributed by atoms with Gasteiger partial charge >= 0.3 is 0 Å². The first-order valence-corrected chi connectivity index (χ1v) is 9.42. The number of nitrogens with zero attached hydrogens (tertiary/aromatic N) is 1. The molecule has 5 heteroatoms. The Labute approximate surface area is 160 Å². The molecule has 0 unspecified atom stereocenters. The molecule has 2 aromatic rings. The van der Waals surface area contributed by atoms with Gasteiger partial charge in [0.25, 0.3) is 5.91 Å². The fourth-order valence-electron chi connectivity index (χ4n) is 3.41. The van der Waals surface area contributed by atoms with Crippen LogP contribution < -0.4 is 10.1 Å². The summed E-state index contributed by atoms with van der Waals surface area (Å²) in [5.41, 5.74) is 1.84. The lowest BCUT2D eigenvalue weighted by atomic mass is 9.95. The molecule has 5 nitrogen and oxygen atoms in total. The molecular formula is C22H26N2O3. The topological polar surface area (TPSA) is 58.6 Å². The number of hydrogen-bond donors (Lipinski definition) is 1. The van der Waals surface area contributed by atoms with Gasteiger partial charge < -0.3 is 15.0 Å². The van der Waals surface area contributed by atoms with Crippen LogP contribution in [0, 0.1) is 5.92 Å². The standard InChI is InChI=1S/C22H26N2O3/c1-27-20-9-5-6-17(16-20)10-13-23-21(25)18-11-14-24(15-12-18)22(26)19-7-3-2-4-8-19/h2-9,16,18H,10-15H2,1H3,(H,23,25). The Kier molecular flexibility index (Phi) is 6.47. The molecule has 142 valence electrons. The van der Waals surface area contributed by atoms with Gasteiger partial charge in [0.1, 0.15) is 5.75 Å². The zero-order valence-electron chi connectivity index (χ0n) is 15.7. The molecule has 0 aromatic heterocycles. The molecule has 1 saturated heterocycles. The van der Waals surface area contributed by atoms with Crippen molar-refractivity contribution in [2.75, 3.05) is 26.7 Å². The summed E-state index contributed by atoms with van der Waals surface area (Å²) < 4.78 is 5.22. The molecule has 2 amide bonds. The quantitative estimate of drug-likeness (QED) is 0.855. The van der Waals surface area contributed by atoms with Crippen LogP contribution in [-0.2, 0) is 11.2 Å². The van der Waals surface area contributed by atoms with Crippen molar-refractivity contribution in [2.45, 2.75) is 19.3 Å². The molecular weight excluding hydrogens is 340 g/mol. The number of methoxy groups -OCH3 is 1. The van der Waals surface area contributed by atoms with Crippen molar-refractivity contribution in [3.63, 3.8) is 0 Å². The molecule has 0 bridgehead atoms. The van der Waals surface area contributed by atoms with Crippen LogP contribution in [0.25, 0.3) is 0 Å². The van der Waals surface area contributed by atoms with Gasteiger partial charge in [0.2, 0.25) is 5.91 Å². The van der Waals surface area contributed by atoms with E-state index in [2.05, 4.69) is 5.32 Å². The molecule has 2 aromatic carbocycles. The number of hydrogen-bond acceptors (Lipinski definition) is 3. The lowest BCUT2D eigenvalue weighted by molar-refractivity contribution is -0.126. The maximum absolute atomic E-state index is 12.5. The normalized spacial score (nSPS) is 14.6. The Morgan fingerprint density at radius 1 is 1.07 bits per heavy atom. The lowest BCUT2D eigenvalue weighted by Gasteiger charge is -2.31. The summed E-state index contributed by atoms with van der Waals surface area (Å²) in [4.78, 5) is 26.7. The molecule has 0 aliphatic carbocycles. The number of nitrogens with one attached hydrogen (secondary N) is 1. The van der Waals surface area contributed by atoms with Gasteiger partial charge in [-0.15, -0.1) is 0 Å². The van der Waals surface area contributed by atoms with Gasteiger partial charge in [0, 0.05) is 31.1 Å². The number of carbonyl (C=O) groups excluding carboxylic acids is 2. The van der Waals surface area contributed by atoms with E-state index in [0.29, 0.717) is 38.0 Å². The number of carbonyl (C=O) groups is 2. The van der Waals surface area contributed by atoms with Crippen LogP contribution >= 0.6 is 0 Å². The van der Waals surface area contributed by atoms with E-state index in [0.717, 1.165) is 17.7 Å². The smallest absolute Gasteiger partial charge is 0.253 e. The minimum absolute atomic E-state index is 0.0184. The van der Waals surface area contributed by atoms with E-state index in [1.807, 2.05) is 59.5 Å². The van der Waals surface area contributed by atoms with E-state index in [4.69, 9.17) is 4.74 Å². The van der Waals surface area contributed by atoms with Crippen molar-refractivity contribution in [1.29, 1.82) is 0 Å². The minimum Gasteiger partial charge on any atom is -0.497 e. The molecule has 0 saturated carbocycles. The first-order chi connectivity index (χ1) is 13.2. The number of piperidine rings is 1. The molecule has 1 fully saturated rings. The zero-order chi connectivity index (χ0) is 19.1. The van der Waals surface area contributed by atoms with Gasteiger partial charge in [-0.1, -0.05) is 30.3 Å². The number of likely N-dealkylation sites (tertiary alicyclic amines) is 1. The Balaban J connectivity index is 1.42. The van der Waals surface area contributed by atoms with Gasteiger partial charge in [-0.3, -0.25) is 9.59 Å². The zero-order valence-corrected chi connectivity index (χ0v) is 15.7. The van der Waals surface area contributed by atoms with Gasteiger partial charge in [0.05, 0.1) is 7.11 Å². The van der Waals surface area contributed by atoms with Gasteiger partial charge in [-0.05, 0) is 49.1 Å². The highest BCUT2D eigenvalue weighted by Crippen LogP contribution is 2.19. The second-order valence-electron chi connectivity index (χ2n) is 6.83. The third kappa shape index (κ3) is 5.09. The van der Waals surface area contributed by atoms with Crippen LogP contribution in [0.5, 0.6) is 5.75 Å². The molecule has 0 atom stereocenters. The first kappa shape index (κ1) is 19.0. The van der Waals surface area contributed by atoms with Gasteiger partial charge in [0.15, 0.2) is 0 Å². The maximum atomic E-state index is 12.5. The van der Waals surface area contributed by atoms with Crippen molar-refractivity contribution in [2.24, 2.45) is 5.92 Å². The molecule has 0 spiro atoms. The number of amides is 2. The van der Waals surface area contributed by atoms with E-state index < -0.39 is 0 Å². The van der Waals surface area contributed by atoms with Crippen molar-refractivity contribution >= 4 is 11.8 Å². The molecule has 1 aliphatic heterocycles. The third-order valence-corrected chi connectivity index (χ3v) is 5.02. The van der Waals surface area contributed by atoms with Crippen LogP contribution in [0.3, 0.4) is 0 Å². The van der Waals surface area contributed by atoms with Crippen LogP contribution in [0.2, 0.25) is 0 Å². The van der Waals surface area contributed by atoms with Crippen molar-refractivity contribution in [3.8, 4) is 5.75 Å². The Bertz CT molecular complexity index is 768. The fraction of sp³-hybridized carbons (Fsp3) is 0.364. The minimum atomic E-state index is -0.0184. The van der Waals surface area contributed by atoms with Gasteiger partial charge in [-0.25, -0.2) is 0 Å². The average molecular weight is 366 g/mol. The highest BCUT2D eigenvalue weighted by atomic mass is 16.5. The first-order valence-electron chi connectivity index (χ1n) is 9.42. The Morgan fingerprint density at radius 3 is 2.52 bits per heavy atom. The van der Waals surface area contributed by atoms with E-state index in [-0.39, 0.29) is 17.7 Å². The van der Waals surface area contributed by atoms with Crippen LogP contribution in [-0.4, -0.2) is 43.5 Å². The summed E-state index contributed by atoms with van der Waals surface area (Å²) in [6.07, 6.45) is 2.20. The van der Waals surface area contributed by atoms with Crippen LogP contribution in [0.1, 0.15) is 28.8 Å². The fourth-order valence-corrected chi connectivity index (χ4v) is 3.41. The van der Waals surface area contributed by atoms with E-state index in [1.165, 1.54) is 0 Å². The number of benzene rings is 2. The van der Waals surface area contributed by atoms with Crippen LogP contribution in [0.4, 0.5) is 0 Å². The molecule has 1 heterocycles. The lowest BCUT2D eigenvalue weighted by Crippen LogP contribution is -2.43. The predicted molar refractivity (Wildman–Crippen MR) is 105 cm³/mol. The largest absolute Gasteiger partial charge is 0.497 e. The molecule has 1 aliphatic rings.